The zero-order valence-corrected chi connectivity index (χ0v) is 10.6. The summed E-state index contributed by atoms with van der Waals surface area (Å²) in [6.45, 7) is 0. The van der Waals surface area contributed by atoms with Crippen molar-refractivity contribution in [2.24, 2.45) is 0 Å². The number of aromatic nitrogens is 2. The standard InChI is InChI=1S/C16H12N2O2/c19-16(20)18-10-9-15(17-18)14-8-4-7-13(11-14)12-5-2-1-3-6-12/h1-11H,(H,19,20). The van der Waals surface area contributed by atoms with E-state index in [2.05, 4.69) is 5.10 Å². The summed E-state index contributed by atoms with van der Waals surface area (Å²) in [7, 11) is 0. The van der Waals surface area contributed by atoms with E-state index in [0.717, 1.165) is 21.4 Å². The Kier molecular flexibility index (Phi) is 3.05. The minimum atomic E-state index is -1.09. The molecule has 0 saturated heterocycles. The van der Waals surface area contributed by atoms with Gasteiger partial charge in [0, 0.05) is 11.8 Å². The molecule has 0 fully saturated rings. The largest absolute Gasteiger partial charge is 0.463 e. The molecule has 3 rings (SSSR count). The Hall–Kier alpha value is -2.88. The van der Waals surface area contributed by atoms with Crippen LogP contribution in [-0.2, 0) is 0 Å². The Balaban J connectivity index is 2.01. The molecule has 1 N–H and O–H groups in total. The van der Waals surface area contributed by atoms with Gasteiger partial charge >= 0.3 is 6.09 Å². The first kappa shape index (κ1) is 12.2. The van der Waals surface area contributed by atoms with Crippen LogP contribution in [-0.4, -0.2) is 21.0 Å². The Morgan fingerprint density at radius 2 is 1.60 bits per heavy atom. The number of carbonyl (C=O) groups is 1. The molecule has 1 aromatic heterocycles. The highest BCUT2D eigenvalue weighted by atomic mass is 16.4. The molecule has 3 aromatic rings. The third kappa shape index (κ3) is 2.31. The Bertz CT molecular complexity index is 748. The smallest absolute Gasteiger partial charge is 0.432 e. The van der Waals surface area contributed by atoms with Gasteiger partial charge in [0.05, 0.1) is 5.69 Å². The fraction of sp³-hybridized carbons (Fsp3) is 0. The molecule has 0 saturated carbocycles. The lowest BCUT2D eigenvalue weighted by atomic mass is 10.0. The van der Waals surface area contributed by atoms with Gasteiger partial charge in [-0.25, -0.2) is 4.79 Å². The first-order valence-electron chi connectivity index (χ1n) is 6.19. The molecule has 0 atom stereocenters. The lowest BCUT2D eigenvalue weighted by Gasteiger charge is -2.03. The van der Waals surface area contributed by atoms with Crippen molar-refractivity contribution in [3.63, 3.8) is 0 Å². The number of benzene rings is 2. The number of nitrogens with zero attached hydrogens (tertiary/aromatic N) is 2. The van der Waals surface area contributed by atoms with Gasteiger partial charge in [-0.15, -0.1) is 0 Å². The first-order chi connectivity index (χ1) is 9.74. The summed E-state index contributed by atoms with van der Waals surface area (Å²) in [5.41, 5.74) is 3.73. The fourth-order valence-electron chi connectivity index (χ4n) is 2.07. The molecule has 4 heteroatoms. The first-order valence-corrected chi connectivity index (χ1v) is 6.19. The van der Waals surface area contributed by atoms with Crippen LogP contribution < -0.4 is 0 Å². The van der Waals surface area contributed by atoms with Crippen molar-refractivity contribution in [2.45, 2.75) is 0 Å². The molecule has 4 nitrogen and oxygen atoms in total. The predicted octanol–water partition coefficient (Wildman–Crippen LogP) is 3.74. The van der Waals surface area contributed by atoms with Crippen molar-refractivity contribution in [2.75, 3.05) is 0 Å². The Morgan fingerprint density at radius 1 is 0.900 bits per heavy atom. The second kappa shape index (κ2) is 5.01. The average molecular weight is 264 g/mol. The number of rotatable bonds is 2. The van der Waals surface area contributed by atoms with Crippen molar-refractivity contribution < 1.29 is 9.90 Å². The predicted molar refractivity (Wildman–Crippen MR) is 76.5 cm³/mol. The molecule has 0 unspecified atom stereocenters. The summed E-state index contributed by atoms with van der Waals surface area (Å²) in [6, 6.07) is 19.6. The van der Waals surface area contributed by atoms with E-state index in [4.69, 9.17) is 5.11 Å². The summed E-state index contributed by atoms with van der Waals surface area (Å²) in [4.78, 5) is 10.8. The molecule has 2 aromatic carbocycles. The van der Waals surface area contributed by atoms with E-state index in [0.29, 0.717) is 5.69 Å². The summed E-state index contributed by atoms with van der Waals surface area (Å²) in [5, 5.41) is 12.9. The maximum Gasteiger partial charge on any atom is 0.432 e. The molecule has 0 aliphatic heterocycles. The maximum atomic E-state index is 10.8. The quantitative estimate of drug-likeness (QED) is 0.767. The van der Waals surface area contributed by atoms with Crippen LogP contribution in [0.3, 0.4) is 0 Å². The van der Waals surface area contributed by atoms with Crippen LogP contribution in [0.25, 0.3) is 22.4 Å². The number of carboxylic acid groups (broad SMARTS) is 1. The molecule has 0 aliphatic carbocycles. The van der Waals surface area contributed by atoms with Crippen molar-refractivity contribution in [3.8, 4) is 22.4 Å². The van der Waals surface area contributed by atoms with Gasteiger partial charge in [0.25, 0.3) is 0 Å². The molecule has 0 radical (unpaired) electrons. The van der Waals surface area contributed by atoms with E-state index < -0.39 is 6.09 Å². The molecule has 0 amide bonds. The Labute approximate surface area is 115 Å². The van der Waals surface area contributed by atoms with Crippen LogP contribution in [0.1, 0.15) is 0 Å². The van der Waals surface area contributed by atoms with Crippen LogP contribution in [0, 0.1) is 0 Å². The summed E-state index contributed by atoms with van der Waals surface area (Å²) in [6.07, 6.45) is 0.350. The van der Waals surface area contributed by atoms with Crippen LogP contribution in [0.5, 0.6) is 0 Å². The van der Waals surface area contributed by atoms with E-state index >= 15 is 0 Å². The molecule has 20 heavy (non-hydrogen) atoms. The van der Waals surface area contributed by atoms with Gasteiger partial charge in [-0.3, -0.25) is 0 Å². The minimum Gasteiger partial charge on any atom is -0.463 e. The molecule has 1 heterocycles. The minimum absolute atomic E-state index is 0.644. The number of hydrogen-bond acceptors (Lipinski definition) is 2. The zero-order valence-electron chi connectivity index (χ0n) is 10.6. The third-order valence-corrected chi connectivity index (χ3v) is 3.05. The van der Waals surface area contributed by atoms with Gasteiger partial charge in [-0.2, -0.15) is 9.78 Å². The van der Waals surface area contributed by atoms with Crippen LogP contribution in [0.4, 0.5) is 4.79 Å². The van der Waals surface area contributed by atoms with Gasteiger partial charge < -0.3 is 5.11 Å². The van der Waals surface area contributed by atoms with Crippen molar-refractivity contribution >= 4 is 6.09 Å². The van der Waals surface area contributed by atoms with Gasteiger partial charge in [-0.05, 0) is 23.3 Å². The fourth-order valence-corrected chi connectivity index (χ4v) is 2.07. The molecule has 0 spiro atoms. The highest BCUT2D eigenvalue weighted by Gasteiger charge is 2.07. The molecule has 98 valence electrons. The maximum absolute atomic E-state index is 10.8. The van der Waals surface area contributed by atoms with Gasteiger partial charge in [0.15, 0.2) is 0 Å². The lowest BCUT2D eigenvalue weighted by Crippen LogP contribution is -2.07. The topological polar surface area (TPSA) is 55.1 Å². The van der Waals surface area contributed by atoms with E-state index in [-0.39, 0.29) is 0 Å². The van der Waals surface area contributed by atoms with Crippen LogP contribution in [0.2, 0.25) is 0 Å². The van der Waals surface area contributed by atoms with E-state index in [1.807, 2.05) is 54.6 Å². The van der Waals surface area contributed by atoms with Crippen molar-refractivity contribution in [3.05, 3.63) is 66.9 Å². The van der Waals surface area contributed by atoms with Crippen molar-refractivity contribution in [1.82, 2.24) is 9.78 Å². The Morgan fingerprint density at radius 3 is 2.30 bits per heavy atom. The summed E-state index contributed by atoms with van der Waals surface area (Å²) in [5.74, 6) is 0. The highest BCUT2D eigenvalue weighted by molar-refractivity contribution is 5.73. The average Bonchev–Trinajstić information content (AvgIpc) is 2.98. The highest BCUT2D eigenvalue weighted by Crippen LogP contribution is 2.25. The molecule has 0 bridgehead atoms. The molecule has 0 aliphatic rings. The van der Waals surface area contributed by atoms with E-state index in [1.54, 1.807) is 6.07 Å². The third-order valence-electron chi connectivity index (χ3n) is 3.05. The van der Waals surface area contributed by atoms with Gasteiger partial charge in [0.1, 0.15) is 0 Å². The summed E-state index contributed by atoms with van der Waals surface area (Å²) < 4.78 is 0.907. The second-order valence-corrected chi connectivity index (χ2v) is 4.37. The van der Waals surface area contributed by atoms with E-state index in [1.165, 1.54) is 6.20 Å². The van der Waals surface area contributed by atoms with Crippen LogP contribution >= 0.6 is 0 Å². The zero-order chi connectivity index (χ0) is 13.9. The van der Waals surface area contributed by atoms with Crippen LogP contribution in [0.15, 0.2) is 66.9 Å². The monoisotopic (exact) mass is 264 g/mol. The number of hydrogen-bond donors (Lipinski definition) is 1. The van der Waals surface area contributed by atoms with Gasteiger partial charge in [0.2, 0.25) is 0 Å². The molecular weight excluding hydrogens is 252 g/mol. The SMILES string of the molecule is O=C(O)n1ccc(-c2cccc(-c3ccccc3)c2)n1. The van der Waals surface area contributed by atoms with E-state index in [9.17, 15) is 4.79 Å². The lowest BCUT2D eigenvalue weighted by molar-refractivity contribution is 0.192. The second-order valence-electron chi connectivity index (χ2n) is 4.37. The van der Waals surface area contributed by atoms with Gasteiger partial charge in [-0.1, -0.05) is 48.5 Å². The summed E-state index contributed by atoms with van der Waals surface area (Å²) >= 11 is 0. The molecular formula is C16H12N2O2. The normalized spacial score (nSPS) is 10.4. The van der Waals surface area contributed by atoms with Crippen molar-refractivity contribution in [1.29, 1.82) is 0 Å².